The lowest BCUT2D eigenvalue weighted by Gasteiger charge is -2.48. The molecule has 1 aromatic rings. The summed E-state index contributed by atoms with van der Waals surface area (Å²) in [6.07, 6.45) is 10.4. The molecule has 6 heteroatoms. The highest BCUT2D eigenvalue weighted by Gasteiger charge is 2.40. The molecule has 1 N–H and O–H groups in total. The first-order valence-corrected chi connectivity index (χ1v) is 12.0. The minimum atomic E-state index is -0.243. The molecule has 2 heterocycles. The van der Waals surface area contributed by atoms with Crippen molar-refractivity contribution in [2.75, 3.05) is 33.3 Å². The van der Waals surface area contributed by atoms with Crippen LogP contribution in [0.4, 0.5) is 0 Å². The topological polar surface area (TPSA) is 61.9 Å². The number of hydrogen-bond acceptors (Lipinski definition) is 4. The summed E-state index contributed by atoms with van der Waals surface area (Å²) < 4.78 is 5.20. The zero-order valence-electron chi connectivity index (χ0n) is 18.9. The number of nitrogens with zero attached hydrogens (tertiary/aromatic N) is 2. The summed E-state index contributed by atoms with van der Waals surface area (Å²) in [5, 5.41) is 3.28. The number of nitrogens with one attached hydrogen (secondary N) is 1. The highest BCUT2D eigenvalue weighted by molar-refractivity contribution is 5.89. The van der Waals surface area contributed by atoms with E-state index in [-0.39, 0.29) is 23.3 Å². The molecule has 170 valence electrons. The molecule has 0 bridgehead atoms. The van der Waals surface area contributed by atoms with Gasteiger partial charge in [0.25, 0.3) is 0 Å². The minimum absolute atomic E-state index is 0.0486. The predicted molar refractivity (Wildman–Crippen MR) is 121 cm³/mol. The number of carbonyl (C=O) groups excluding carboxylic acids is 2. The average molecular weight is 428 g/mol. The van der Waals surface area contributed by atoms with Crippen LogP contribution in [0, 0.1) is 5.92 Å². The molecule has 3 fully saturated rings. The molecular weight excluding hydrogens is 390 g/mol. The molecule has 3 aliphatic rings. The summed E-state index contributed by atoms with van der Waals surface area (Å²) >= 11 is 0. The molecule has 0 aromatic heterocycles. The monoisotopic (exact) mass is 427 g/mol. The van der Waals surface area contributed by atoms with Gasteiger partial charge in [0, 0.05) is 31.6 Å². The van der Waals surface area contributed by atoms with Crippen LogP contribution in [0.3, 0.4) is 0 Å². The van der Waals surface area contributed by atoms with Gasteiger partial charge in [-0.1, -0.05) is 37.8 Å². The van der Waals surface area contributed by atoms with Gasteiger partial charge in [0.2, 0.25) is 11.8 Å². The van der Waals surface area contributed by atoms with Crippen molar-refractivity contribution in [2.45, 2.75) is 69.9 Å². The molecule has 31 heavy (non-hydrogen) atoms. The van der Waals surface area contributed by atoms with E-state index < -0.39 is 0 Å². The number of carbonyl (C=O) groups is 2. The van der Waals surface area contributed by atoms with Crippen molar-refractivity contribution in [1.82, 2.24) is 15.1 Å². The molecule has 1 unspecified atom stereocenters. The van der Waals surface area contributed by atoms with Crippen molar-refractivity contribution in [3.05, 3.63) is 29.8 Å². The summed E-state index contributed by atoms with van der Waals surface area (Å²) in [6, 6.07) is 7.77. The average Bonchev–Trinajstić information content (AvgIpc) is 3.19. The van der Waals surface area contributed by atoms with Gasteiger partial charge in [0.05, 0.1) is 13.0 Å². The Labute approximate surface area is 186 Å². The number of rotatable bonds is 7. The van der Waals surface area contributed by atoms with Crippen molar-refractivity contribution in [3.8, 4) is 5.75 Å². The Hall–Kier alpha value is -2.08. The van der Waals surface area contributed by atoms with Gasteiger partial charge < -0.3 is 15.0 Å². The fourth-order valence-electron chi connectivity index (χ4n) is 5.63. The number of benzene rings is 1. The summed E-state index contributed by atoms with van der Waals surface area (Å²) in [6.45, 7) is 4.10. The maximum atomic E-state index is 13.0. The lowest BCUT2D eigenvalue weighted by atomic mass is 9.79. The third-order valence-corrected chi connectivity index (χ3v) is 7.52. The van der Waals surface area contributed by atoms with Gasteiger partial charge in [-0.2, -0.15) is 0 Å². The van der Waals surface area contributed by atoms with E-state index in [2.05, 4.69) is 10.2 Å². The lowest BCUT2D eigenvalue weighted by molar-refractivity contribution is -0.129. The quantitative estimate of drug-likeness (QED) is 0.725. The van der Waals surface area contributed by atoms with Gasteiger partial charge in [-0.3, -0.25) is 14.5 Å². The smallest absolute Gasteiger partial charge is 0.225 e. The van der Waals surface area contributed by atoms with Gasteiger partial charge in [0.1, 0.15) is 5.75 Å². The Bertz CT molecular complexity index is 752. The molecule has 0 spiro atoms. The largest absolute Gasteiger partial charge is 0.497 e. The molecule has 2 aliphatic heterocycles. The molecule has 1 saturated carbocycles. The van der Waals surface area contributed by atoms with E-state index in [0.717, 1.165) is 30.9 Å². The van der Waals surface area contributed by atoms with Crippen LogP contribution >= 0.6 is 0 Å². The number of amides is 2. The molecule has 1 aliphatic carbocycles. The standard InChI is InChI=1S/C25H37N3O3/c1-31-22-10-8-20(9-11-22)17-27-18-21(16-23(27)29)24(30)26-19-25(12-4-2-5-13-25)28-14-6-3-7-15-28/h8-11,21H,2-7,12-19H2,1H3,(H,26,30). The van der Waals surface area contributed by atoms with E-state index in [1.54, 1.807) is 7.11 Å². The van der Waals surface area contributed by atoms with Crippen LogP contribution in [-0.2, 0) is 16.1 Å². The van der Waals surface area contributed by atoms with E-state index in [9.17, 15) is 9.59 Å². The van der Waals surface area contributed by atoms with Crippen molar-refractivity contribution in [3.63, 3.8) is 0 Å². The van der Waals surface area contributed by atoms with Crippen LogP contribution in [-0.4, -0.2) is 60.4 Å². The Morgan fingerprint density at radius 1 is 1.06 bits per heavy atom. The number of methoxy groups -OCH3 is 1. The number of likely N-dealkylation sites (tertiary alicyclic amines) is 2. The van der Waals surface area contributed by atoms with Gasteiger partial charge in [0.15, 0.2) is 0 Å². The summed E-state index contributed by atoms with van der Waals surface area (Å²) in [4.78, 5) is 30.0. The van der Waals surface area contributed by atoms with E-state index in [1.807, 2.05) is 29.2 Å². The van der Waals surface area contributed by atoms with Gasteiger partial charge in [-0.05, 0) is 56.5 Å². The van der Waals surface area contributed by atoms with Crippen molar-refractivity contribution in [1.29, 1.82) is 0 Å². The maximum Gasteiger partial charge on any atom is 0.225 e. The molecule has 6 nitrogen and oxygen atoms in total. The van der Waals surface area contributed by atoms with E-state index in [4.69, 9.17) is 4.74 Å². The van der Waals surface area contributed by atoms with Crippen LogP contribution in [0.5, 0.6) is 5.75 Å². The van der Waals surface area contributed by atoms with E-state index in [0.29, 0.717) is 19.5 Å². The van der Waals surface area contributed by atoms with Gasteiger partial charge in [-0.25, -0.2) is 0 Å². The second-order valence-electron chi connectivity index (χ2n) is 9.57. The van der Waals surface area contributed by atoms with Crippen LogP contribution in [0.15, 0.2) is 24.3 Å². The Morgan fingerprint density at radius 2 is 1.74 bits per heavy atom. The molecular formula is C25H37N3O3. The Morgan fingerprint density at radius 3 is 2.42 bits per heavy atom. The lowest BCUT2D eigenvalue weighted by Crippen LogP contribution is -2.58. The van der Waals surface area contributed by atoms with Crippen LogP contribution < -0.4 is 10.1 Å². The van der Waals surface area contributed by atoms with E-state index in [1.165, 1.54) is 51.4 Å². The highest BCUT2D eigenvalue weighted by Crippen LogP contribution is 2.35. The van der Waals surface area contributed by atoms with Crippen molar-refractivity contribution < 1.29 is 14.3 Å². The molecule has 2 saturated heterocycles. The molecule has 0 radical (unpaired) electrons. The van der Waals surface area contributed by atoms with Crippen LogP contribution in [0.25, 0.3) is 0 Å². The zero-order chi connectivity index (χ0) is 21.7. The number of hydrogen-bond donors (Lipinski definition) is 1. The first-order chi connectivity index (χ1) is 15.1. The van der Waals surface area contributed by atoms with Gasteiger partial charge >= 0.3 is 0 Å². The maximum absolute atomic E-state index is 13.0. The number of piperidine rings is 1. The first-order valence-electron chi connectivity index (χ1n) is 12.0. The Kier molecular flexibility index (Phi) is 7.16. The van der Waals surface area contributed by atoms with Gasteiger partial charge in [-0.15, -0.1) is 0 Å². The predicted octanol–water partition coefficient (Wildman–Crippen LogP) is 3.35. The molecule has 2 amide bonds. The highest BCUT2D eigenvalue weighted by atomic mass is 16.5. The van der Waals surface area contributed by atoms with Crippen molar-refractivity contribution in [2.24, 2.45) is 5.92 Å². The Balaban J connectivity index is 1.33. The fraction of sp³-hybridized carbons (Fsp3) is 0.680. The summed E-state index contributed by atoms with van der Waals surface area (Å²) in [7, 11) is 1.64. The SMILES string of the molecule is COc1ccc(CN2CC(C(=O)NCC3(N4CCCCC4)CCCCC3)CC2=O)cc1. The molecule has 1 atom stereocenters. The second kappa shape index (κ2) is 10.0. The third-order valence-electron chi connectivity index (χ3n) is 7.52. The van der Waals surface area contributed by atoms with Crippen molar-refractivity contribution >= 4 is 11.8 Å². The molecule has 1 aromatic carbocycles. The molecule has 4 rings (SSSR count). The first kappa shape index (κ1) is 22.1. The summed E-state index contributed by atoms with van der Waals surface area (Å²) in [5.74, 6) is 0.679. The fourth-order valence-corrected chi connectivity index (χ4v) is 5.63. The third kappa shape index (κ3) is 5.22. The minimum Gasteiger partial charge on any atom is -0.497 e. The van der Waals surface area contributed by atoms with E-state index >= 15 is 0 Å². The number of ether oxygens (including phenoxy) is 1. The van der Waals surface area contributed by atoms with Crippen LogP contribution in [0.2, 0.25) is 0 Å². The van der Waals surface area contributed by atoms with Crippen LogP contribution in [0.1, 0.15) is 63.4 Å². The summed E-state index contributed by atoms with van der Waals surface area (Å²) in [5.41, 5.74) is 1.18. The zero-order valence-corrected chi connectivity index (χ0v) is 18.9. The normalized spacial score (nSPS) is 24.2. The second-order valence-corrected chi connectivity index (χ2v) is 9.57.